The number of rotatable bonds is 1. The van der Waals surface area contributed by atoms with Crippen molar-refractivity contribution in [3.8, 4) is 0 Å². The van der Waals surface area contributed by atoms with Crippen molar-refractivity contribution in [3.05, 3.63) is 28.2 Å². The summed E-state index contributed by atoms with van der Waals surface area (Å²) in [5, 5.41) is 0. The Kier molecular flexibility index (Phi) is 3.44. The van der Waals surface area contributed by atoms with Crippen molar-refractivity contribution in [1.29, 1.82) is 0 Å². The van der Waals surface area contributed by atoms with Gasteiger partial charge in [-0.05, 0) is 42.9 Å². The van der Waals surface area contributed by atoms with E-state index >= 15 is 0 Å². The number of nitrogens with zero attached hydrogens (tertiary/aromatic N) is 1. The highest BCUT2D eigenvalue weighted by molar-refractivity contribution is 9.10. The van der Waals surface area contributed by atoms with Gasteiger partial charge in [-0.3, -0.25) is 14.5 Å². The number of hydrogen-bond donors (Lipinski definition) is 0. The lowest BCUT2D eigenvalue weighted by atomic mass is 9.76. The van der Waals surface area contributed by atoms with Crippen molar-refractivity contribution in [2.45, 2.75) is 45.4 Å². The summed E-state index contributed by atoms with van der Waals surface area (Å²) in [6.45, 7) is 1.99. The first kappa shape index (κ1) is 13.8. The number of carbonyl (C=O) groups excluding carboxylic acids is 2. The molecule has 20 heavy (non-hydrogen) atoms. The van der Waals surface area contributed by atoms with Gasteiger partial charge in [0, 0.05) is 17.3 Å². The van der Waals surface area contributed by atoms with Crippen LogP contribution in [0.4, 0.5) is 5.69 Å². The van der Waals surface area contributed by atoms with Crippen LogP contribution in [-0.2, 0) is 9.59 Å². The molecule has 1 heterocycles. The number of benzene rings is 1. The van der Waals surface area contributed by atoms with Gasteiger partial charge in [0.25, 0.3) is 0 Å². The van der Waals surface area contributed by atoms with Gasteiger partial charge >= 0.3 is 0 Å². The lowest BCUT2D eigenvalue weighted by molar-refractivity contribution is -0.133. The second kappa shape index (κ2) is 4.99. The van der Waals surface area contributed by atoms with Crippen molar-refractivity contribution in [2.24, 2.45) is 5.41 Å². The zero-order chi connectivity index (χ0) is 14.3. The Morgan fingerprint density at radius 1 is 1.10 bits per heavy atom. The number of imide groups is 1. The van der Waals surface area contributed by atoms with Crippen LogP contribution >= 0.6 is 15.9 Å². The highest BCUT2D eigenvalue weighted by atomic mass is 79.9. The van der Waals surface area contributed by atoms with Gasteiger partial charge in [-0.25, -0.2) is 0 Å². The minimum Gasteiger partial charge on any atom is -0.274 e. The van der Waals surface area contributed by atoms with E-state index < -0.39 is 0 Å². The van der Waals surface area contributed by atoms with E-state index in [-0.39, 0.29) is 17.2 Å². The van der Waals surface area contributed by atoms with Crippen molar-refractivity contribution in [3.63, 3.8) is 0 Å². The molecule has 1 spiro atoms. The van der Waals surface area contributed by atoms with Gasteiger partial charge < -0.3 is 0 Å². The van der Waals surface area contributed by atoms with Gasteiger partial charge in [0.15, 0.2) is 0 Å². The van der Waals surface area contributed by atoms with E-state index in [1.54, 1.807) is 0 Å². The minimum absolute atomic E-state index is 0.0351. The molecule has 0 aromatic heterocycles. The van der Waals surface area contributed by atoms with Crippen molar-refractivity contribution >= 4 is 33.4 Å². The number of aryl methyl sites for hydroxylation is 1. The van der Waals surface area contributed by atoms with Crippen LogP contribution in [0.25, 0.3) is 0 Å². The van der Waals surface area contributed by atoms with Gasteiger partial charge in [0.2, 0.25) is 11.8 Å². The third-order valence-corrected chi connectivity index (χ3v) is 5.48. The Labute approximate surface area is 127 Å². The zero-order valence-electron chi connectivity index (χ0n) is 11.6. The molecular formula is C16H18BrNO2. The number of hydrogen-bond acceptors (Lipinski definition) is 2. The summed E-state index contributed by atoms with van der Waals surface area (Å²) in [6.07, 6.45) is 5.38. The van der Waals surface area contributed by atoms with E-state index in [1.165, 1.54) is 4.90 Å². The van der Waals surface area contributed by atoms with E-state index in [1.807, 2.05) is 25.1 Å². The van der Waals surface area contributed by atoms with E-state index in [9.17, 15) is 9.59 Å². The van der Waals surface area contributed by atoms with Crippen LogP contribution in [0.5, 0.6) is 0 Å². The zero-order valence-corrected chi connectivity index (χ0v) is 13.2. The Hall–Kier alpha value is -1.16. The molecule has 106 valence electrons. The van der Waals surface area contributed by atoms with E-state index in [2.05, 4.69) is 15.9 Å². The van der Waals surface area contributed by atoms with Crippen LogP contribution in [0.1, 0.15) is 44.1 Å². The average molecular weight is 336 g/mol. The molecule has 1 saturated carbocycles. The Morgan fingerprint density at radius 3 is 2.25 bits per heavy atom. The first-order chi connectivity index (χ1) is 9.51. The van der Waals surface area contributed by atoms with Gasteiger partial charge in [-0.1, -0.05) is 34.8 Å². The normalized spacial score (nSPS) is 21.8. The summed E-state index contributed by atoms with van der Waals surface area (Å²) in [6, 6.07) is 5.64. The minimum atomic E-state index is -0.0427. The lowest BCUT2D eigenvalue weighted by Gasteiger charge is -2.37. The fourth-order valence-electron chi connectivity index (χ4n) is 3.49. The maximum absolute atomic E-state index is 12.5. The summed E-state index contributed by atoms with van der Waals surface area (Å²) < 4.78 is 0.928. The molecule has 0 bridgehead atoms. The fraction of sp³-hybridized carbons (Fsp3) is 0.500. The SMILES string of the molecule is Cc1ccc(N2C(=O)CC3(CCCC3)CC2=O)cc1Br. The summed E-state index contributed by atoms with van der Waals surface area (Å²) in [5.41, 5.74) is 1.75. The Morgan fingerprint density at radius 2 is 1.70 bits per heavy atom. The highest BCUT2D eigenvalue weighted by Gasteiger charge is 2.45. The molecule has 1 aliphatic carbocycles. The van der Waals surface area contributed by atoms with Gasteiger partial charge in [-0.2, -0.15) is 0 Å². The molecule has 1 aromatic carbocycles. The van der Waals surface area contributed by atoms with Crippen LogP contribution in [0, 0.1) is 12.3 Å². The first-order valence-corrected chi connectivity index (χ1v) is 7.92. The monoisotopic (exact) mass is 335 g/mol. The molecule has 2 aliphatic rings. The number of halogens is 1. The Balaban J connectivity index is 1.89. The smallest absolute Gasteiger partial charge is 0.234 e. The number of carbonyl (C=O) groups is 2. The van der Waals surface area contributed by atoms with Crippen LogP contribution in [0.3, 0.4) is 0 Å². The third-order valence-electron chi connectivity index (χ3n) is 4.63. The predicted molar refractivity (Wildman–Crippen MR) is 81.5 cm³/mol. The molecule has 0 N–H and O–H groups in total. The van der Waals surface area contributed by atoms with Crippen LogP contribution in [0.2, 0.25) is 0 Å². The fourth-order valence-corrected chi connectivity index (χ4v) is 3.86. The molecule has 0 atom stereocenters. The largest absolute Gasteiger partial charge is 0.274 e. The number of amides is 2. The second-order valence-corrected chi connectivity index (χ2v) is 6.97. The molecular weight excluding hydrogens is 318 g/mol. The van der Waals surface area contributed by atoms with Crippen LogP contribution in [-0.4, -0.2) is 11.8 Å². The predicted octanol–water partition coefficient (Wildman–Crippen LogP) is 3.97. The third kappa shape index (κ3) is 2.30. The number of piperidine rings is 1. The van der Waals surface area contributed by atoms with Gasteiger partial charge in [0.1, 0.15) is 0 Å². The molecule has 3 nitrogen and oxygen atoms in total. The summed E-state index contributed by atoms with van der Waals surface area (Å²) in [5.74, 6) is -0.0854. The molecule has 3 rings (SSSR count). The van der Waals surface area contributed by atoms with Gasteiger partial charge in [-0.15, -0.1) is 0 Å². The Bertz CT molecular complexity index is 556. The maximum atomic E-state index is 12.5. The first-order valence-electron chi connectivity index (χ1n) is 7.13. The van der Waals surface area contributed by atoms with E-state index in [0.717, 1.165) is 35.7 Å². The van der Waals surface area contributed by atoms with E-state index in [0.29, 0.717) is 18.5 Å². The molecule has 0 radical (unpaired) electrons. The molecule has 1 saturated heterocycles. The van der Waals surface area contributed by atoms with E-state index in [4.69, 9.17) is 0 Å². The maximum Gasteiger partial charge on any atom is 0.234 e. The molecule has 1 aromatic rings. The molecule has 0 unspecified atom stereocenters. The van der Waals surface area contributed by atoms with Crippen molar-refractivity contribution in [2.75, 3.05) is 4.90 Å². The molecule has 2 fully saturated rings. The summed E-state index contributed by atoms with van der Waals surface area (Å²) >= 11 is 3.46. The van der Waals surface area contributed by atoms with Crippen molar-refractivity contribution < 1.29 is 9.59 Å². The van der Waals surface area contributed by atoms with Crippen LogP contribution < -0.4 is 4.90 Å². The topological polar surface area (TPSA) is 37.4 Å². The average Bonchev–Trinajstić information content (AvgIpc) is 2.80. The van der Waals surface area contributed by atoms with Crippen molar-refractivity contribution in [1.82, 2.24) is 0 Å². The highest BCUT2D eigenvalue weighted by Crippen LogP contribution is 2.47. The summed E-state index contributed by atoms with van der Waals surface area (Å²) in [4.78, 5) is 26.3. The quantitative estimate of drug-likeness (QED) is 0.728. The lowest BCUT2D eigenvalue weighted by Crippen LogP contribution is -2.47. The van der Waals surface area contributed by atoms with Crippen LogP contribution in [0.15, 0.2) is 22.7 Å². The number of anilines is 1. The summed E-state index contributed by atoms with van der Waals surface area (Å²) in [7, 11) is 0. The molecule has 4 heteroatoms. The van der Waals surface area contributed by atoms with Gasteiger partial charge in [0.05, 0.1) is 5.69 Å². The molecule has 1 aliphatic heterocycles. The second-order valence-electron chi connectivity index (χ2n) is 6.12. The standard InChI is InChI=1S/C16H18BrNO2/c1-11-4-5-12(8-13(11)17)18-14(19)9-16(10-15(18)20)6-2-3-7-16/h4-5,8H,2-3,6-7,9-10H2,1H3. The molecule has 2 amide bonds.